The maximum Gasteiger partial charge on any atom is 0.223 e. The van der Waals surface area contributed by atoms with E-state index in [2.05, 4.69) is 42.0 Å². The molecule has 1 amide bonds. The van der Waals surface area contributed by atoms with E-state index in [1.54, 1.807) is 11.3 Å². The lowest BCUT2D eigenvalue weighted by molar-refractivity contribution is -0.126. The standard InChI is InChI=1S/C14H22N2OS.ClH/c1-10-8-12(5-6-15-10)14(17)16-11(2)9-13-4-3-7-18-13;/h3-4,7,10-12,15H,5-6,8-9H2,1-2H3,(H,16,17);1H/t10-,11?,12-;/m0./s1. The molecule has 108 valence electrons. The fraction of sp³-hybridized carbons (Fsp3) is 0.643. The van der Waals surface area contributed by atoms with Crippen LogP contribution in [0.2, 0.25) is 0 Å². The van der Waals surface area contributed by atoms with E-state index in [0.29, 0.717) is 6.04 Å². The lowest BCUT2D eigenvalue weighted by Gasteiger charge is -2.28. The van der Waals surface area contributed by atoms with Crippen LogP contribution in [0.1, 0.15) is 31.6 Å². The van der Waals surface area contributed by atoms with Crippen molar-refractivity contribution in [3.05, 3.63) is 22.4 Å². The van der Waals surface area contributed by atoms with E-state index in [-0.39, 0.29) is 30.3 Å². The molecule has 0 spiro atoms. The maximum absolute atomic E-state index is 12.1. The molecule has 0 saturated carbocycles. The van der Waals surface area contributed by atoms with Gasteiger partial charge in [-0.2, -0.15) is 0 Å². The van der Waals surface area contributed by atoms with Gasteiger partial charge in [0.15, 0.2) is 0 Å². The first-order valence-electron chi connectivity index (χ1n) is 6.71. The summed E-state index contributed by atoms with van der Waals surface area (Å²) < 4.78 is 0. The van der Waals surface area contributed by atoms with Crippen molar-refractivity contribution in [2.75, 3.05) is 6.54 Å². The van der Waals surface area contributed by atoms with Crippen LogP contribution in [-0.4, -0.2) is 24.5 Å². The van der Waals surface area contributed by atoms with E-state index in [0.717, 1.165) is 25.8 Å². The van der Waals surface area contributed by atoms with E-state index in [4.69, 9.17) is 0 Å². The second-order valence-corrected chi connectivity index (χ2v) is 6.30. The molecule has 1 saturated heterocycles. The molecule has 1 aliphatic heterocycles. The molecule has 1 aromatic rings. The Morgan fingerprint density at radius 3 is 3.05 bits per heavy atom. The van der Waals surface area contributed by atoms with E-state index >= 15 is 0 Å². The van der Waals surface area contributed by atoms with Gasteiger partial charge in [0.2, 0.25) is 5.91 Å². The molecule has 1 fully saturated rings. The van der Waals surface area contributed by atoms with Crippen molar-refractivity contribution in [1.82, 2.24) is 10.6 Å². The fourth-order valence-corrected chi connectivity index (χ4v) is 3.35. The van der Waals surface area contributed by atoms with Crippen LogP contribution >= 0.6 is 23.7 Å². The number of thiophene rings is 1. The smallest absolute Gasteiger partial charge is 0.223 e. The van der Waals surface area contributed by atoms with E-state index < -0.39 is 0 Å². The average Bonchev–Trinajstić information content (AvgIpc) is 2.81. The highest BCUT2D eigenvalue weighted by Gasteiger charge is 2.25. The van der Waals surface area contributed by atoms with E-state index in [1.807, 2.05) is 0 Å². The Kier molecular flexibility index (Phi) is 6.83. The Morgan fingerprint density at radius 1 is 1.63 bits per heavy atom. The van der Waals surface area contributed by atoms with Crippen LogP contribution in [0.3, 0.4) is 0 Å². The Balaban J connectivity index is 0.00000180. The largest absolute Gasteiger partial charge is 0.353 e. The van der Waals surface area contributed by atoms with Crippen molar-refractivity contribution < 1.29 is 4.79 Å². The molecule has 1 aromatic heterocycles. The Labute approximate surface area is 125 Å². The molecule has 2 N–H and O–H groups in total. The number of amides is 1. The second kappa shape index (κ2) is 7.88. The van der Waals surface area contributed by atoms with E-state index in [1.165, 1.54) is 4.88 Å². The van der Waals surface area contributed by atoms with Crippen LogP contribution in [-0.2, 0) is 11.2 Å². The minimum atomic E-state index is 0. The van der Waals surface area contributed by atoms with Crippen LogP contribution in [0.5, 0.6) is 0 Å². The first kappa shape index (κ1) is 16.5. The third-order valence-electron chi connectivity index (χ3n) is 3.47. The third-order valence-corrected chi connectivity index (χ3v) is 4.37. The highest BCUT2D eigenvalue weighted by atomic mass is 35.5. The van der Waals surface area contributed by atoms with Crippen molar-refractivity contribution >= 4 is 29.7 Å². The molecule has 19 heavy (non-hydrogen) atoms. The molecule has 3 nitrogen and oxygen atoms in total. The van der Waals surface area contributed by atoms with Gasteiger partial charge in [-0.25, -0.2) is 0 Å². The van der Waals surface area contributed by atoms with Crippen molar-refractivity contribution in [1.29, 1.82) is 0 Å². The Morgan fingerprint density at radius 2 is 2.42 bits per heavy atom. The van der Waals surface area contributed by atoms with Crippen molar-refractivity contribution in [2.24, 2.45) is 5.92 Å². The quantitative estimate of drug-likeness (QED) is 0.897. The van der Waals surface area contributed by atoms with Gasteiger partial charge in [0.1, 0.15) is 0 Å². The van der Waals surface area contributed by atoms with Gasteiger partial charge >= 0.3 is 0 Å². The summed E-state index contributed by atoms with van der Waals surface area (Å²) in [5.41, 5.74) is 0. The molecule has 1 unspecified atom stereocenters. The van der Waals surface area contributed by atoms with Gasteiger partial charge in [-0.3, -0.25) is 4.79 Å². The summed E-state index contributed by atoms with van der Waals surface area (Å²) in [6, 6.07) is 4.87. The van der Waals surface area contributed by atoms with Gasteiger partial charge in [0.05, 0.1) is 0 Å². The lowest BCUT2D eigenvalue weighted by Crippen LogP contribution is -2.45. The van der Waals surface area contributed by atoms with E-state index in [9.17, 15) is 4.79 Å². The van der Waals surface area contributed by atoms with Crippen LogP contribution in [0.4, 0.5) is 0 Å². The molecule has 0 aliphatic carbocycles. The number of rotatable bonds is 4. The van der Waals surface area contributed by atoms with Gasteiger partial charge in [0.25, 0.3) is 0 Å². The molecule has 0 radical (unpaired) electrons. The fourth-order valence-electron chi connectivity index (χ4n) is 2.51. The number of carbonyl (C=O) groups is 1. The summed E-state index contributed by atoms with van der Waals surface area (Å²) in [6.45, 7) is 5.19. The molecule has 2 rings (SSSR count). The summed E-state index contributed by atoms with van der Waals surface area (Å²) in [7, 11) is 0. The molecule has 1 aliphatic rings. The summed E-state index contributed by atoms with van der Waals surface area (Å²) in [6.07, 6.45) is 2.85. The third kappa shape index (κ3) is 5.13. The predicted octanol–water partition coefficient (Wildman–Crippen LogP) is 2.61. The van der Waals surface area contributed by atoms with Crippen molar-refractivity contribution in [2.45, 2.75) is 45.2 Å². The van der Waals surface area contributed by atoms with Crippen LogP contribution in [0.15, 0.2) is 17.5 Å². The maximum atomic E-state index is 12.1. The van der Waals surface area contributed by atoms with Crippen LogP contribution < -0.4 is 10.6 Å². The zero-order valence-corrected chi connectivity index (χ0v) is 13.2. The summed E-state index contributed by atoms with van der Waals surface area (Å²) in [5, 5.41) is 8.61. The molecule has 5 heteroatoms. The number of hydrogen-bond acceptors (Lipinski definition) is 3. The molecule has 0 bridgehead atoms. The van der Waals surface area contributed by atoms with Gasteiger partial charge < -0.3 is 10.6 Å². The molecule has 2 heterocycles. The first-order chi connectivity index (χ1) is 8.65. The Hall–Kier alpha value is -0.580. The lowest BCUT2D eigenvalue weighted by atomic mass is 9.92. The highest BCUT2D eigenvalue weighted by molar-refractivity contribution is 7.09. The number of piperidine rings is 1. The van der Waals surface area contributed by atoms with Gasteiger partial charge in [-0.15, -0.1) is 23.7 Å². The molecular weight excluding hydrogens is 280 g/mol. The normalized spacial score (nSPS) is 24.3. The zero-order valence-electron chi connectivity index (χ0n) is 11.5. The molecular formula is C14H23ClN2OS. The topological polar surface area (TPSA) is 41.1 Å². The number of carbonyl (C=O) groups excluding carboxylic acids is 1. The predicted molar refractivity (Wildman–Crippen MR) is 83.1 cm³/mol. The summed E-state index contributed by atoms with van der Waals surface area (Å²) in [5.74, 6) is 0.416. The van der Waals surface area contributed by atoms with Crippen LogP contribution in [0, 0.1) is 5.92 Å². The van der Waals surface area contributed by atoms with Crippen LogP contribution in [0.25, 0.3) is 0 Å². The minimum absolute atomic E-state index is 0. The Bertz CT molecular complexity index is 383. The van der Waals surface area contributed by atoms with Crippen molar-refractivity contribution in [3.8, 4) is 0 Å². The SMILES string of the molecule is CC(Cc1cccs1)NC(=O)[C@H]1CCN[C@@H](C)C1.Cl. The monoisotopic (exact) mass is 302 g/mol. The molecule has 0 aromatic carbocycles. The summed E-state index contributed by atoms with van der Waals surface area (Å²) >= 11 is 1.75. The number of hydrogen-bond donors (Lipinski definition) is 2. The molecule has 3 atom stereocenters. The number of halogens is 1. The first-order valence-corrected chi connectivity index (χ1v) is 7.59. The van der Waals surface area contributed by atoms with Gasteiger partial charge in [0, 0.05) is 29.3 Å². The average molecular weight is 303 g/mol. The second-order valence-electron chi connectivity index (χ2n) is 5.27. The van der Waals surface area contributed by atoms with Gasteiger partial charge in [-0.1, -0.05) is 6.07 Å². The summed E-state index contributed by atoms with van der Waals surface area (Å²) in [4.78, 5) is 13.5. The zero-order chi connectivity index (χ0) is 13.0. The minimum Gasteiger partial charge on any atom is -0.353 e. The van der Waals surface area contributed by atoms with Gasteiger partial charge in [-0.05, 0) is 44.7 Å². The highest BCUT2D eigenvalue weighted by Crippen LogP contribution is 2.17. The van der Waals surface area contributed by atoms with Crippen molar-refractivity contribution in [3.63, 3.8) is 0 Å². The number of nitrogens with one attached hydrogen (secondary N) is 2.